The summed E-state index contributed by atoms with van der Waals surface area (Å²) in [7, 11) is 0. The summed E-state index contributed by atoms with van der Waals surface area (Å²) in [6, 6.07) is 16.3. The molecule has 4 heterocycles. The van der Waals surface area contributed by atoms with Gasteiger partial charge in [0.1, 0.15) is 0 Å². The summed E-state index contributed by atoms with van der Waals surface area (Å²) in [5.41, 5.74) is 3.22. The van der Waals surface area contributed by atoms with Crippen molar-refractivity contribution in [3.63, 3.8) is 0 Å². The highest BCUT2D eigenvalue weighted by Gasteiger charge is 2.41. The van der Waals surface area contributed by atoms with Crippen molar-refractivity contribution >= 4 is 17.3 Å². The highest BCUT2D eigenvalue weighted by molar-refractivity contribution is 7.80. The molecule has 1 N–H and O–H groups in total. The summed E-state index contributed by atoms with van der Waals surface area (Å²) in [4.78, 5) is 11.3. The zero-order chi connectivity index (χ0) is 17.9. The summed E-state index contributed by atoms with van der Waals surface area (Å²) in [6.45, 7) is 3.73. The Morgan fingerprint density at radius 1 is 1.04 bits per heavy atom. The van der Waals surface area contributed by atoms with Crippen LogP contribution in [0.3, 0.4) is 0 Å². The van der Waals surface area contributed by atoms with Crippen molar-refractivity contribution in [3.8, 4) is 0 Å². The second-order valence-electron chi connectivity index (χ2n) is 6.29. The molecule has 5 nitrogen and oxygen atoms in total. The summed E-state index contributed by atoms with van der Waals surface area (Å²) in [5.74, 6) is 0. The Morgan fingerprint density at radius 2 is 1.85 bits per heavy atom. The van der Waals surface area contributed by atoms with Crippen molar-refractivity contribution in [2.75, 3.05) is 0 Å². The van der Waals surface area contributed by atoms with Crippen LogP contribution >= 0.6 is 12.2 Å². The maximum Gasteiger partial charge on any atom is 0.170 e. The van der Waals surface area contributed by atoms with Crippen LogP contribution in [-0.2, 0) is 13.1 Å². The number of thiocarbonyl (C=S) groups is 1. The quantitative estimate of drug-likeness (QED) is 0.703. The first-order valence-corrected chi connectivity index (χ1v) is 9.21. The number of hydrogen-bond donors (Lipinski definition) is 1. The molecule has 0 aromatic carbocycles. The van der Waals surface area contributed by atoms with E-state index in [0.29, 0.717) is 6.54 Å². The number of rotatable bonds is 5. The van der Waals surface area contributed by atoms with Crippen LogP contribution in [0.5, 0.6) is 0 Å². The van der Waals surface area contributed by atoms with E-state index in [0.717, 1.165) is 23.0 Å². The number of pyridine rings is 2. The van der Waals surface area contributed by atoms with E-state index < -0.39 is 0 Å². The third-order valence-corrected chi connectivity index (χ3v) is 5.12. The van der Waals surface area contributed by atoms with E-state index in [1.807, 2.05) is 42.7 Å². The number of nitrogens with one attached hydrogen (secondary N) is 1. The normalized spacial score (nSPS) is 19.6. The van der Waals surface area contributed by atoms with Gasteiger partial charge in [-0.3, -0.25) is 9.97 Å². The first kappa shape index (κ1) is 16.7. The second kappa shape index (κ2) is 7.25. The Hall–Kier alpha value is -2.73. The molecule has 1 aliphatic rings. The summed E-state index contributed by atoms with van der Waals surface area (Å²) >= 11 is 5.70. The monoisotopic (exact) mass is 363 g/mol. The lowest BCUT2D eigenvalue weighted by Crippen LogP contribution is -2.30. The van der Waals surface area contributed by atoms with Crippen LogP contribution in [0.25, 0.3) is 0 Å². The van der Waals surface area contributed by atoms with E-state index in [-0.39, 0.29) is 12.1 Å². The fourth-order valence-electron chi connectivity index (χ4n) is 3.55. The molecular weight excluding hydrogens is 342 g/mol. The molecule has 0 bridgehead atoms. The third kappa shape index (κ3) is 3.08. The standard InChI is InChI=1S/C20H21N5S/c1-2-24-13-7-10-17(24)19-18(16-9-4-6-12-22-16)23-20(26)25(19)14-15-8-3-5-11-21-15/h3-13,18-19H,2,14H2,1H3,(H,23,26)/t18-,19-/m1/s1. The third-order valence-electron chi connectivity index (χ3n) is 4.76. The van der Waals surface area contributed by atoms with Gasteiger partial charge in [-0.2, -0.15) is 0 Å². The van der Waals surface area contributed by atoms with Crippen LogP contribution in [0.15, 0.2) is 67.1 Å². The lowest BCUT2D eigenvalue weighted by Gasteiger charge is -2.28. The smallest absolute Gasteiger partial charge is 0.170 e. The van der Waals surface area contributed by atoms with Crippen molar-refractivity contribution in [1.82, 2.24) is 24.8 Å². The van der Waals surface area contributed by atoms with Crippen molar-refractivity contribution in [2.24, 2.45) is 0 Å². The highest BCUT2D eigenvalue weighted by atomic mass is 32.1. The zero-order valence-electron chi connectivity index (χ0n) is 14.6. The Morgan fingerprint density at radius 3 is 2.54 bits per heavy atom. The topological polar surface area (TPSA) is 46.0 Å². The molecule has 0 unspecified atom stereocenters. The maximum atomic E-state index is 5.70. The van der Waals surface area contributed by atoms with Gasteiger partial charge in [-0.25, -0.2) is 0 Å². The molecule has 0 amide bonds. The molecule has 0 saturated carbocycles. The molecule has 6 heteroatoms. The van der Waals surface area contributed by atoms with Crippen LogP contribution in [0.4, 0.5) is 0 Å². The average molecular weight is 363 g/mol. The van der Waals surface area contributed by atoms with Gasteiger partial charge in [0.2, 0.25) is 0 Å². The van der Waals surface area contributed by atoms with E-state index >= 15 is 0 Å². The summed E-state index contributed by atoms with van der Waals surface area (Å²) in [6.07, 6.45) is 5.77. The first-order valence-electron chi connectivity index (χ1n) is 8.81. The number of aromatic nitrogens is 3. The van der Waals surface area contributed by atoms with Gasteiger partial charge in [-0.15, -0.1) is 0 Å². The maximum absolute atomic E-state index is 5.70. The number of nitrogens with zero attached hydrogens (tertiary/aromatic N) is 4. The van der Waals surface area contributed by atoms with Gasteiger partial charge >= 0.3 is 0 Å². The minimum atomic E-state index is 0.00705. The second-order valence-corrected chi connectivity index (χ2v) is 6.68. The lowest BCUT2D eigenvalue weighted by atomic mass is 10.0. The molecule has 2 atom stereocenters. The van der Waals surface area contributed by atoms with Crippen LogP contribution < -0.4 is 5.32 Å². The Kier molecular flexibility index (Phi) is 4.67. The van der Waals surface area contributed by atoms with Gasteiger partial charge in [0, 0.05) is 30.8 Å². The SMILES string of the molecule is CCn1cccc1[C@@H]1[C@@H](c2ccccn2)NC(=S)N1Cc1ccccn1. The molecule has 0 radical (unpaired) electrons. The average Bonchev–Trinajstić information content (AvgIpc) is 3.28. The van der Waals surface area contributed by atoms with Crippen LogP contribution in [0.1, 0.15) is 36.1 Å². The molecule has 3 aromatic heterocycles. The minimum Gasteiger partial charge on any atom is -0.352 e. The fourth-order valence-corrected chi connectivity index (χ4v) is 3.85. The molecular formula is C20H21N5S. The van der Waals surface area contributed by atoms with E-state index in [4.69, 9.17) is 12.2 Å². The summed E-state index contributed by atoms with van der Waals surface area (Å²) < 4.78 is 2.27. The Bertz CT molecular complexity index is 877. The molecule has 3 aromatic rings. The van der Waals surface area contributed by atoms with Gasteiger partial charge in [0.15, 0.2) is 5.11 Å². The van der Waals surface area contributed by atoms with Crippen LogP contribution in [-0.4, -0.2) is 24.5 Å². The molecule has 0 aliphatic carbocycles. The first-order chi connectivity index (χ1) is 12.8. The molecule has 0 spiro atoms. The minimum absolute atomic E-state index is 0.00705. The van der Waals surface area contributed by atoms with Crippen LogP contribution in [0.2, 0.25) is 0 Å². The van der Waals surface area contributed by atoms with E-state index in [1.165, 1.54) is 5.69 Å². The molecule has 1 fully saturated rings. The summed E-state index contributed by atoms with van der Waals surface area (Å²) in [5, 5.41) is 4.22. The Balaban J connectivity index is 1.75. The predicted octanol–water partition coefficient (Wildman–Crippen LogP) is 3.47. The number of aryl methyl sites for hydroxylation is 1. The van der Waals surface area contributed by atoms with E-state index in [2.05, 4.69) is 56.1 Å². The lowest BCUT2D eigenvalue weighted by molar-refractivity contribution is 0.295. The van der Waals surface area contributed by atoms with E-state index in [1.54, 1.807) is 0 Å². The fraction of sp³-hybridized carbons (Fsp3) is 0.250. The van der Waals surface area contributed by atoms with Gasteiger partial charge in [0.05, 0.1) is 30.0 Å². The highest BCUT2D eigenvalue weighted by Crippen LogP contribution is 2.39. The van der Waals surface area contributed by atoms with Crippen molar-refractivity contribution in [1.29, 1.82) is 0 Å². The van der Waals surface area contributed by atoms with Gasteiger partial charge in [-0.05, 0) is 55.5 Å². The van der Waals surface area contributed by atoms with Gasteiger partial charge in [-0.1, -0.05) is 12.1 Å². The van der Waals surface area contributed by atoms with Gasteiger partial charge in [0.25, 0.3) is 0 Å². The number of hydrogen-bond acceptors (Lipinski definition) is 3. The van der Waals surface area contributed by atoms with Crippen LogP contribution in [0, 0.1) is 0 Å². The molecule has 1 aliphatic heterocycles. The molecule has 26 heavy (non-hydrogen) atoms. The van der Waals surface area contributed by atoms with Crippen molar-refractivity contribution in [2.45, 2.75) is 32.1 Å². The molecule has 4 rings (SSSR count). The molecule has 132 valence electrons. The van der Waals surface area contributed by atoms with Crippen molar-refractivity contribution < 1.29 is 0 Å². The zero-order valence-corrected chi connectivity index (χ0v) is 15.4. The largest absolute Gasteiger partial charge is 0.352 e. The van der Waals surface area contributed by atoms with Gasteiger partial charge < -0.3 is 14.8 Å². The van der Waals surface area contributed by atoms with Crippen molar-refractivity contribution in [3.05, 3.63) is 84.2 Å². The molecule has 1 saturated heterocycles. The Labute approximate surface area is 158 Å². The van der Waals surface area contributed by atoms with E-state index in [9.17, 15) is 0 Å². The predicted molar refractivity (Wildman–Crippen MR) is 105 cm³/mol.